The molecule has 0 fully saturated rings. The standard InChI is InChI=1S/C10H17NO4/c1-4-8(11-10(13)14-3)6-7-9(12)15-5-2/h4,8H,1,5-7H2,2-3H3,(H,11,13)/i1+1D2. The van der Waals surface area contributed by atoms with E-state index in [9.17, 15) is 9.59 Å². The summed E-state index contributed by atoms with van der Waals surface area (Å²) in [6, 6.07) is -0.586. The van der Waals surface area contributed by atoms with Gasteiger partial charge in [0, 0.05) is 6.42 Å². The van der Waals surface area contributed by atoms with Crippen LogP contribution in [0.25, 0.3) is 0 Å². The normalized spacial score (nSPS) is 12.9. The number of hydrogen-bond donors (Lipinski definition) is 1. The molecule has 0 aliphatic heterocycles. The molecule has 15 heavy (non-hydrogen) atoms. The molecule has 0 heterocycles. The second-order valence-corrected chi connectivity index (χ2v) is 2.75. The summed E-state index contributed by atoms with van der Waals surface area (Å²) < 4.78 is 23.1. The van der Waals surface area contributed by atoms with Crippen LogP contribution >= 0.6 is 0 Å². The van der Waals surface area contributed by atoms with Crippen molar-refractivity contribution in [1.82, 2.24) is 5.32 Å². The van der Waals surface area contributed by atoms with Gasteiger partial charge in [0.05, 0.1) is 22.5 Å². The minimum absolute atomic E-state index is 0.103. The molecule has 0 radical (unpaired) electrons. The van der Waals surface area contributed by atoms with E-state index in [4.69, 9.17) is 7.48 Å². The summed E-state index contributed by atoms with van der Waals surface area (Å²) in [6.07, 6.45) is 0.911. The van der Waals surface area contributed by atoms with E-state index in [2.05, 4.69) is 10.1 Å². The number of alkyl carbamates (subject to hydrolysis) is 1. The quantitative estimate of drug-likeness (QED) is 0.414. The zero-order valence-corrected chi connectivity index (χ0v) is 8.91. The number of carbonyl (C=O) groups excluding carboxylic acids is 2. The maximum atomic E-state index is 11.1. The van der Waals surface area contributed by atoms with E-state index < -0.39 is 18.7 Å². The molecule has 1 unspecified atom stereocenters. The third-order valence-corrected chi connectivity index (χ3v) is 1.65. The van der Waals surface area contributed by atoms with Gasteiger partial charge in [-0.25, -0.2) is 4.79 Å². The van der Waals surface area contributed by atoms with Crippen LogP contribution in [0.1, 0.15) is 22.5 Å². The fourth-order valence-corrected chi connectivity index (χ4v) is 0.914. The zero-order chi connectivity index (χ0) is 13.3. The SMILES string of the molecule is [2H][13C]([2H])=CC(CCC(=O)OCC)NC(=O)OC. The number of amides is 1. The first kappa shape index (κ1) is 10.0. The fraction of sp³-hybridized carbons (Fsp3) is 0.600. The Bertz CT molecular complexity index is 290. The van der Waals surface area contributed by atoms with Crippen LogP contribution in [0.2, 0.25) is 0 Å². The van der Waals surface area contributed by atoms with Crippen LogP contribution in [0.3, 0.4) is 0 Å². The lowest BCUT2D eigenvalue weighted by molar-refractivity contribution is -0.143. The molecule has 0 saturated heterocycles. The average molecular weight is 218 g/mol. The number of methoxy groups -OCH3 is 1. The molecule has 0 bridgehead atoms. The molecule has 0 aliphatic carbocycles. The van der Waals surface area contributed by atoms with Crippen molar-refractivity contribution in [2.75, 3.05) is 13.7 Å². The van der Waals surface area contributed by atoms with Crippen LogP contribution in [0.15, 0.2) is 12.6 Å². The van der Waals surface area contributed by atoms with E-state index in [-0.39, 0.29) is 18.8 Å². The van der Waals surface area contributed by atoms with Gasteiger partial charge < -0.3 is 14.8 Å². The van der Waals surface area contributed by atoms with Gasteiger partial charge in [0.2, 0.25) is 0 Å². The van der Waals surface area contributed by atoms with Crippen molar-refractivity contribution in [1.29, 1.82) is 0 Å². The summed E-state index contributed by atoms with van der Waals surface area (Å²) in [4.78, 5) is 22.1. The number of nitrogens with one attached hydrogen (secondary N) is 1. The van der Waals surface area contributed by atoms with Gasteiger partial charge >= 0.3 is 12.1 Å². The van der Waals surface area contributed by atoms with Gasteiger partial charge in [-0.1, -0.05) is 6.08 Å². The molecule has 5 nitrogen and oxygen atoms in total. The molecular weight excluding hydrogens is 199 g/mol. The van der Waals surface area contributed by atoms with E-state index in [1.165, 1.54) is 13.2 Å². The lowest BCUT2D eigenvalue weighted by atomic mass is 10.2. The number of carbonyl (C=O) groups is 2. The maximum absolute atomic E-state index is 11.1. The van der Waals surface area contributed by atoms with Crippen LogP contribution in [0.5, 0.6) is 0 Å². The lowest BCUT2D eigenvalue weighted by Gasteiger charge is -2.12. The summed E-state index contributed by atoms with van der Waals surface area (Å²) in [7, 11) is 1.21. The first-order valence-electron chi connectivity index (χ1n) is 5.64. The predicted octanol–water partition coefficient (Wildman–Crippen LogP) is 1.24. The third-order valence-electron chi connectivity index (χ3n) is 1.65. The van der Waals surface area contributed by atoms with Crippen LogP contribution in [0, 0.1) is 0 Å². The van der Waals surface area contributed by atoms with E-state index in [1.807, 2.05) is 0 Å². The molecule has 0 spiro atoms. The highest BCUT2D eigenvalue weighted by molar-refractivity contribution is 5.70. The summed E-state index contributed by atoms with van der Waals surface area (Å²) in [5.41, 5.74) is 0. The number of hydrogen-bond acceptors (Lipinski definition) is 4. The molecule has 0 aromatic rings. The van der Waals surface area contributed by atoms with Crippen molar-refractivity contribution in [3.8, 4) is 0 Å². The van der Waals surface area contributed by atoms with Gasteiger partial charge in [0.1, 0.15) is 0 Å². The topological polar surface area (TPSA) is 64.6 Å². The van der Waals surface area contributed by atoms with Crippen molar-refractivity contribution in [3.05, 3.63) is 12.6 Å². The molecule has 86 valence electrons. The van der Waals surface area contributed by atoms with E-state index >= 15 is 0 Å². The fourth-order valence-electron chi connectivity index (χ4n) is 0.914. The van der Waals surface area contributed by atoms with E-state index in [0.29, 0.717) is 6.61 Å². The molecule has 5 heteroatoms. The highest BCUT2D eigenvalue weighted by Gasteiger charge is 2.11. The van der Waals surface area contributed by atoms with Crippen LogP contribution in [0.4, 0.5) is 4.79 Å². The molecule has 1 amide bonds. The summed E-state index contributed by atoms with van der Waals surface area (Å²) in [5.74, 6) is -0.380. The monoisotopic (exact) mass is 218 g/mol. The molecule has 0 aromatic heterocycles. The second kappa shape index (κ2) is 7.84. The van der Waals surface area contributed by atoms with Crippen LogP contribution < -0.4 is 5.32 Å². The summed E-state index contributed by atoms with van der Waals surface area (Å²) in [5, 5.41) is 2.41. The van der Waals surface area contributed by atoms with Gasteiger partial charge in [0.25, 0.3) is 0 Å². The van der Waals surface area contributed by atoms with Crippen molar-refractivity contribution in [3.63, 3.8) is 0 Å². The Hall–Kier alpha value is -1.52. The minimum Gasteiger partial charge on any atom is -0.466 e. The molecule has 0 saturated carbocycles. The first-order chi connectivity index (χ1) is 7.99. The molecule has 1 atom stereocenters. The van der Waals surface area contributed by atoms with Crippen molar-refractivity contribution in [2.45, 2.75) is 25.8 Å². The van der Waals surface area contributed by atoms with Gasteiger partial charge in [-0.2, -0.15) is 0 Å². The first-order valence-corrected chi connectivity index (χ1v) is 4.64. The molecular formula is C10H17NO4. The molecule has 0 rings (SSSR count). The Morgan fingerprint density at radius 2 is 2.40 bits per heavy atom. The molecule has 1 N–H and O–H groups in total. The van der Waals surface area contributed by atoms with Gasteiger partial charge in [-0.3, -0.25) is 4.79 Å². The smallest absolute Gasteiger partial charge is 0.407 e. The largest absolute Gasteiger partial charge is 0.466 e. The third kappa shape index (κ3) is 6.54. The van der Waals surface area contributed by atoms with Gasteiger partial charge in [-0.05, 0) is 13.3 Å². The van der Waals surface area contributed by atoms with Gasteiger partial charge in [0.15, 0.2) is 0 Å². The predicted molar refractivity (Wildman–Crippen MR) is 55.4 cm³/mol. The molecule has 0 aliphatic rings. The Morgan fingerprint density at radius 1 is 1.67 bits per heavy atom. The Balaban J connectivity index is 4.25. The van der Waals surface area contributed by atoms with Crippen molar-refractivity contribution in [2.24, 2.45) is 0 Å². The Kier molecular flexibility index (Phi) is 5.24. The summed E-state index contributed by atoms with van der Waals surface area (Å²) in [6.45, 7) is 1.56. The highest BCUT2D eigenvalue weighted by atomic mass is 16.5. The van der Waals surface area contributed by atoms with Crippen molar-refractivity contribution >= 4 is 12.1 Å². The summed E-state index contributed by atoms with van der Waals surface area (Å²) >= 11 is 0. The Morgan fingerprint density at radius 3 is 2.93 bits per heavy atom. The Labute approximate surface area is 92.2 Å². The number of rotatable bonds is 6. The average Bonchev–Trinajstić information content (AvgIpc) is 2.25. The maximum Gasteiger partial charge on any atom is 0.407 e. The highest BCUT2D eigenvalue weighted by Crippen LogP contribution is 2.00. The number of esters is 1. The number of ether oxygens (including phenoxy) is 2. The zero-order valence-electron chi connectivity index (χ0n) is 10.9. The van der Waals surface area contributed by atoms with Crippen molar-refractivity contribution < 1.29 is 21.8 Å². The molecule has 0 aromatic carbocycles. The minimum atomic E-state index is -0.670. The van der Waals surface area contributed by atoms with Crippen LogP contribution in [-0.4, -0.2) is 31.8 Å². The van der Waals surface area contributed by atoms with E-state index in [0.717, 1.165) is 0 Å². The van der Waals surface area contributed by atoms with E-state index in [1.54, 1.807) is 6.92 Å². The van der Waals surface area contributed by atoms with Crippen LogP contribution in [-0.2, 0) is 14.3 Å². The second-order valence-electron chi connectivity index (χ2n) is 2.75. The lowest BCUT2D eigenvalue weighted by Crippen LogP contribution is -2.33. The van der Waals surface area contributed by atoms with Gasteiger partial charge in [-0.15, -0.1) is 6.53 Å².